The molecule has 0 bridgehead atoms. The predicted molar refractivity (Wildman–Crippen MR) is 87.5 cm³/mol. The van der Waals surface area contributed by atoms with Gasteiger partial charge in [-0.3, -0.25) is 0 Å². The van der Waals surface area contributed by atoms with E-state index in [4.69, 9.17) is 0 Å². The van der Waals surface area contributed by atoms with Crippen LogP contribution < -0.4 is 10.6 Å². The molecule has 0 spiro atoms. The number of amides is 2. The van der Waals surface area contributed by atoms with E-state index >= 15 is 0 Å². The van der Waals surface area contributed by atoms with Crippen molar-refractivity contribution in [2.24, 2.45) is 5.41 Å². The van der Waals surface area contributed by atoms with Crippen LogP contribution in [0.25, 0.3) is 0 Å². The Bertz CT molecular complexity index is 453. The Morgan fingerprint density at radius 2 is 2.00 bits per heavy atom. The second kappa shape index (κ2) is 6.94. The third kappa shape index (κ3) is 5.38. The van der Waals surface area contributed by atoms with Crippen molar-refractivity contribution in [2.75, 3.05) is 25.0 Å². The highest BCUT2D eigenvalue weighted by molar-refractivity contribution is 5.89. The summed E-state index contributed by atoms with van der Waals surface area (Å²) in [5.41, 5.74) is 1.13. The molecular weight excluding hydrogens is 262 g/mol. The Balaban J connectivity index is 1.84. The molecule has 1 unspecified atom stereocenters. The monoisotopic (exact) mass is 289 g/mol. The predicted octanol–water partition coefficient (Wildman–Crippen LogP) is 3.32. The molecule has 2 rings (SSSR count). The van der Waals surface area contributed by atoms with Crippen LogP contribution in [-0.4, -0.2) is 36.6 Å². The fourth-order valence-corrected chi connectivity index (χ4v) is 2.50. The molecule has 1 aliphatic heterocycles. The summed E-state index contributed by atoms with van der Waals surface area (Å²) in [6.45, 7) is 9.28. The summed E-state index contributed by atoms with van der Waals surface area (Å²) < 4.78 is 0. The van der Waals surface area contributed by atoms with Crippen LogP contribution in [0, 0.1) is 5.41 Å². The molecule has 0 aromatic heterocycles. The van der Waals surface area contributed by atoms with Gasteiger partial charge in [-0.15, -0.1) is 0 Å². The Kier molecular flexibility index (Phi) is 5.23. The van der Waals surface area contributed by atoms with Gasteiger partial charge < -0.3 is 15.5 Å². The number of rotatable bonds is 3. The lowest BCUT2D eigenvalue weighted by atomic mass is 9.95. The zero-order chi connectivity index (χ0) is 15.3. The second-order valence-electron chi connectivity index (χ2n) is 7.02. The Morgan fingerprint density at radius 3 is 2.67 bits per heavy atom. The molecule has 1 heterocycles. The van der Waals surface area contributed by atoms with Crippen LogP contribution >= 0.6 is 0 Å². The number of nitrogens with one attached hydrogen (secondary N) is 2. The maximum Gasteiger partial charge on any atom is 0.321 e. The van der Waals surface area contributed by atoms with Gasteiger partial charge >= 0.3 is 6.03 Å². The average molecular weight is 289 g/mol. The van der Waals surface area contributed by atoms with Crippen LogP contribution in [0.4, 0.5) is 10.5 Å². The second-order valence-corrected chi connectivity index (χ2v) is 7.02. The molecular formula is C17H27N3O. The van der Waals surface area contributed by atoms with Crippen molar-refractivity contribution >= 4 is 11.7 Å². The van der Waals surface area contributed by atoms with E-state index in [9.17, 15) is 4.79 Å². The molecule has 4 heteroatoms. The van der Waals surface area contributed by atoms with Gasteiger partial charge in [0.15, 0.2) is 0 Å². The summed E-state index contributed by atoms with van der Waals surface area (Å²) in [5, 5.41) is 6.55. The average Bonchev–Trinajstić information content (AvgIpc) is 2.46. The number of anilines is 1. The molecule has 0 saturated carbocycles. The van der Waals surface area contributed by atoms with E-state index in [1.54, 1.807) is 0 Å². The lowest BCUT2D eigenvalue weighted by Crippen LogP contribution is -2.50. The lowest BCUT2D eigenvalue weighted by Gasteiger charge is -2.34. The number of hydrogen-bond donors (Lipinski definition) is 2. The fourth-order valence-electron chi connectivity index (χ4n) is 2.50. The van der Waals surface area contributed by atoms with Gasteiger partial charge in [-0.25, -0.2) is 4.79 Å². The molecule has 4 nitrogen and oxygen atoms in total. The normalized spacial score (nSPS) is 19.4. The number of urea groups is 1. The lowest BCUT2D eigenvalue weighted by molar-refractivity contribution is 0.181. The van der Waals surface area contributed by atoms with E-state index < -0.39 is 0 Å². The van der Waals surface area contributed by atoms with E-state index in [-0.39, 0.29) is 11.4 Å². The van der Waals surface area contributed by atoms with E-state index in [0.717, 1.165) is 38.2 Å². The molecule has 1 atom stereocenters. The van der Waals surface area contributed by atoms with Gasteiger partial charge in [0.25, 0.3) is 0 Å². The smallest absolute Gasteiger partial charge is 0.321 e. The minimum Gasteiger partial charge on any atom is -0.323 e. The van der Waals surface area contributed by atoms with Crippen molar-refractivity contribution in [3.05, 3.63) is 30.3 Å². The topological polar surface area (TPSA) is 44.4 Å². The maximum absolute atomic E-state index is 12.3. The summed E-state index contributed by atoms with van der Waals surface area (Å²) in [5.74, 6) is 0. The first-order valence-corrected chi connectivity index (χ1v) is 7.78. The molecule has 1 saturated heterocycles. The highest BCUT2D eigenvalue weighted by atomic mass is 16.2. The van der Waals surface area contributed by atoms with Crippen molar-refractivity contribution in [3.8, 4) is 0 Å². The van der Waals surface area contributed by atoms with Gasteiger partial charge in [-0.05, 0) is 30.4 Å². The van der Waals surface area contributed by atoms with Crippen LogP contribution in [-0.2, 0) is 0 Å². The first kappa shape index (κ1) is 15.8. The minimum absolute atomic E-state index is 0.00320. The standard InChI is InChI=1S/C17H27N3O/c1-17(2,3)13-18-15-10-7-11-20(12-15)16(21)19-14-8-5-4-6-9-14/h4-6,8-9,15,18H,7,10-13H2,1-3H3,(H,19,21). The zero-order valence-corrected chi connectivity index (χ0v) is 13.4. The summed E-state index contributed by atoms with van der Waals surface area (Å²) in [6.07, 6.45) is 2.20. The van der Waals surface area contributed by atoms with Crippen molar-refractivity contribution in [2.45, 2.75) is 39.7 Å². The number of para-hydroxylation sites is 1. The minimum atomic E-state index is 0.00320. The van der Waals surface area contributed by atoms with E-state index in [1.165, 1.54) is 0 Å². The summed E-state index contributed by atoms with van der Waals surface area (Å²) >= 11 is 0. The van der Waals surface area contributed by atoms with Gasteiger partial charge in [0.2, 0.25) is 0 Å². The number of carbonyl (C=O) groups excluding carboxylic acids is 1. The van der Waals surface area contributed by atoms with E-state index in [0.29, 0.717) is 6.04 Å². The van der Waals surface area contributed by atoms with Gasteiger partial charge in [0.1, 0.15) is 0 Å². The third-order valence-corrected chi connectivity index (χ3v) is 3.65. The molecule has 1 aromatic rings. The van der Waals surface area contributed by atoms with Crippen LogP contribution in [0.15, 0.2) is 30.3 Å². The molecule has 1 fully saturated rings. The van der Waals surface area contributed by atoms with E-state index in [2.05, 4.69) is 31.4 Å². The number of nitrogens with zero attached hydrogens (tertiary/aromatic N) is 1. The maximum atomic E-state index is 12.3. The molecule has 1 aromatic carbocycles. The van der Waals surface area contributed by atoms with Crippen molar-refractivity contribution in [1.82, 2.24) is 10.2 Å². The largest absolute Gasteiger partial charge is 0.323 e. The van der Waals surface area contributed by atoms with Crippen LogP contribution in [0.3, 0.4) is 0 Å². The molecule has 0 aliphatic carbocycles. The molecule has 116 valence electrons. The quantitative estimate of drug-likeness (QED) is 0.896. The van der Waals surface area contributed by atoms with Crippen LogP contribution in [0.1, 0.15) is 33.6 Å². The number of piperidine rings is 1. The van der Waals surface area contributed by atoms with Crippen LogP contribution in [0.5, 0.6) is 0 Å². The SMILES string of the molecule is CC(C)(C)CNC1CCCN(C(=O)Nc2ccccc2)C1. The van der Waals surface area contributed by atoms with Crippen molar-refractivity contribution in [1.29, 1.82) is 0 Å². The van der Waals surface area contributed by atoms with Crippen molar-refractivity contribution in [3.63, 3.8) is 0 Å². The zero-order valence-electron chi connectivity index (χ0n) is 13.4. The fraction of sp³-hybridized carbons (Fsp3) is 0.588. The molecule has 1 aliphatic rings. The summed E-state index contributed by atoms with van der Waals surface area (Å²) in [4.78, 5) is 14.2. The summed E-state index contributed by atoms with van der Waals surface area (Å²) in [7, 11) is 0. The van der Waals surface area contributed by atoms with Crippen molar-refractivity contribution < 1.29 is 4.79 Å². The number of carbonyl (C=O) groups is 1. The number of benzene rings is 1. The number of hydrogen-bond acceptors (Lipinski definition) is 2. The first-order valence-electron chi connectivity index (χ1n) is 7.78. The van der Waals surface area contributed by atoms with Gasteiger partial charge in [0.05, 0.1) is 0 Å². The Morgan fingerprint density at radius 1 is 1.29 bits per heavy atom. The van der Waals surface area contributed by atoms with Gasteiger partial charge in [-0.2, -0.15) is 0 Å². The van der Waals surface area contributed by atoms with Crippen LogP contribution in [0.2, 0.25) is 0 Å². The molecule has 2 N–H and O–H groups in total. The Hall–Kier alpha value is -1.55. The van der Waals surface area contributed by atoms with Gasteiger partial charge in [-0.1, -0.05) is 39.0 Å². The third-order valence-electron chi connectivity index (χ3n) is 3.65. The molecule has 0 radical (unpaired) electrons. The molecule has 2 amide bonds. The Labute approximate surface area is 127 Å². The van der Waals surface area contributed by atoms with E-state index in [1.807, 2.05) is 35.2 Å². The van der Waals surface area contributed by atoms with Gasteiger partial charge in [0, 0.05) is 31.4 Å². The summed E-state index contributed by atoms with van der Waals surface area (Å²) in [6, 6.07) is 10.0. The number of likely N-dealkylation sites (tertiary alicyclic amines) is 1. The highest BCUT2D eigenvalue weighted by Crippen LogP contribution is 2.16. The first-order chi connectivity index (χ1) is 9.94. The molecule has 21 heavy (non-hydrogen) atoms. The highest BCUT2D eigenvalue weighted by Gasteiger charge is 2.24.